The molecule has 2 aromatic rings. The van der Waals surface area contributed by atoms with Crippen LogP contribution in [0.15, 0.2) is 18.2 Å². The lowest BCUT2D eigenvalue weighted by atomic mass is 9.94. The van der Waals surface area contributed by atoms with Crippen LogP contribution in [0.2, 0.25) is 5.02 Å². The fourth-order valence-electron chi connectivity index (χ4n) is 4.18. The first-order valence-electron chi connectivity index (χ1n) is 10.1. The zero-order valence-electron chi connectivity index (χ0n) is 17.9. The molecule has 2 aliphatic rings. The lowest BCUT2D eigenvalue weighted by Gasteiger charge is -2.34. The van der Waals surface area contributed by atoms with Gasteiger partial charge in [-0.1, -0.05) is 11.6 Å². The van der Waals surface area contributed by atoms with E-state index in [1.807, 2.05) is 0 Å². The van der Waals surface area contributed by atoms with Crippen LogP contribution in [0.4, 0.5) is 10.1 Å². The molecular formula is C21H23ClFN5O4. The highest BCUT2D eigenvalue weighted by Crippen LogP contribution is 2.34. The van der Waals surface area contributed by atoms with Crippen molar-refractivity contribution < 1.29 is 23.5 Å². The van der Waals surface area contributed by atoms with E-state index in [-0.39, 0.29) is 10.7 Å². The van der Waals surface area contributed by atoms with Gasteiger partial charge in [0, 0.05) is 44.2 Å². The van der Waals surface area contributed by atoms with Crippen molar-refractivity contribution in [2.24, 2.45) is 0 Å². The molecule has 1 aromatic heterocycles. The third-order valence-electron chi connectivity index (χ3n) is 6.20. The van der Waals surface area contributed by atoms with Gasteiger partial charge in [0.2, 0.25) is 5.91 Å². The van der Waals surface area contributed by atoms with Gasteiger partial charge in [-0.15, -0.1) is 0 Å². The number of halogens is 2. The van der Waals surface area contributed by atoms with Crippen LogP contribution in [0.3, 0.4) is 0 Å². The second-order valence-corrected chi connectivity index (χ2v) is 8.47. The van der Waals surface area contributed by atoms with Gasteiger partial charge in [0.1, 0.15) is 23.1 Å². The topological polar surface area (TPSA) is 106 Å². The highest BCUT2D eigenvalue weighted by atomic mass is 35.5. The van der Waals surface area contributed by atoms with Crippen LogP contribution < -0.4 is 10.6 Å². The number of likely N-dealkylation sites (N-methyl/N-ethyl adjacent to an activating group) is 1. The summed E-state index contributed by atoms with van der Waals surface area (Å²) in [6.45, 7) is 2.46. The average molecular weight is 464 g/mol. The molecular weight excluding hydrogens is 441 g/mol. The van der Waals surface area contributed by atoms with E-state index in [2.05, 4.69) is 15.7 Å². The Hall–Kier alpha value is -2.98. The van der Waals surface area contributed by atoms with Crippen LogP contribution in [-0.2, 0) is 27.3 Å². The number of hydrogen-bond donors (Lipinski definition) is 2. The van der Waals surface area contributed by atoms with Crippen LogP contribution >= 0.6 is 11.6 Å². The Kier molecular flexibility index (Phi) is 5.68. The van der Waals surface area contributed by atoms with Crippen molar-refractivity contribution in [2.75, 3.05) is 26.0 Å². The number of nitrogens with one attached hydrogen (secondary N) is 2. The van der Waals surface area contributed by atoms with Crippen molar-refractivity contribution in [3.63, 3.8) is 0 Å². The van der Waals surface area contributed by atoms with Crippen LogP contribution in [-0.4, -0.2) is 58.7 Å². The number of rotatable bonds is 3. The molecule has 4 rings (SSSR count). The quantitative estimate of drug-likeness (QED) is 0.674. The first kappa shape index (κ1) is 22.2. The number of methoxy groups -OCH3 is 1. The SMILES string of the molecule is COC(=O)C1(C)CCn2nc3c(c2C(=O)N1C)C(C(=O)Nc1ccc(F)c(Cl)c1)NCC3. The smallest absolute Gasteiger partial charge is 0.331 e. The Morgan fingerprint density at radius 2 is 2.16 bits per heavy atom. The summed E-state index contributed by atoms with van der Waals surface area (Å²) >= 11 is 5.82. The van der Waals surface area contributed by atoms with Crippen molar-refractivity contribution in [3.8, 4) is 0 Å². The number of esters is 1. The molecule has 0 bridgehead atoms. The van der Waals surface area contributed by atoms with E-state index >= 15 is 0 Å². The predicted octanol–water partition coefficient (Wildman–Crippen LogP) is 1.91. The average Bonchev–Trinajstić information content (AvgIpc) is 3.12. The Balaban J connectivity index is 1.70. The van der Waals surface area contributed by atoms with Gasteiger partial charge >= 0.3 is 5.97 Å². The number of aromatic nitrogens is 2. The van der Waals surface area contributed by atoms with Crippen molar-refractivity contribution in [2.45, 2.75) is 37.9 Å². The van der Waals surface area contributed by atoms with Crippen molar-refractivity contribution >= 4 is 35.1 Å². The Morgan fingerprint density at radius 3 is 2.84 bits per heavy atom. The summed E-state index contributed by atoms with van der Waals surface area (Å²) in [4.78, 5) is 40.3. The number of carbonyl (C=O) groups excluding carboxylic acids is 3. The zero-order chi connectivity index (χ0) is 23.2. The summed E-state index contributed by atoms with van der Waals surface area (Å²) < 4.78 is 19.9. The largest absolute Gasteiger partial charge is 0.467 e. The number of fused-ring (bicyclic) bond motifs is 3. The van der Waals surface area contributed by atoms with Gasteiger partial charge in [0.05, 0.1) is 17.8 Å². The normalized spacial score (nSPS) is 22.6. The van der Waals surface area contributed by atoms with E-state index in [0.717, 1.165) is 6.07 Å². The maximum Gasteiger partial charge on any atom is 0.331 e. The first-order valence-corrected chi connectivity index (χ1v) is 10.5. The van der Waals surface area contributed by atoms with Gasteiger partial charge in [0.15, 0.2) is 0 Å². The maximum atomic E-state index is 13.5. The molecule has 0 spiro atoms. The van der Waals surface area contributed by atoms with Gasteiger partial charge in [-0.2, -0.15) is 5.10 Å². The molecule has 2 aliphatic heterocycles. The minimum absolute atomic E-state index is 0.113. The van der Waals surface area contributed by atoms with Gasteiger partial charge in [0.25, 0.3) is 5.91 Å². The van der Waals surface area contributed by atoms with Gasteiger partial charge in [-0.3, -0.25) is 14.3 Å². The monoisotopic (exact) mass is 463 g/mol. The minimum Gasteiger partial charge on any atom is -0.467 e. The molecule has 170 valence electrons. The van der Waals surface area contributed by atoms with E-state index in [9.17, 15) is 18.8 Å². The number of ether oxygens (including phenoxy) is 1. The molecule has 0 radical (unpaired) electrons. The van der Waals surface area contributed by atoms with E-state index < -0.39 is 35.2 Å². The Labute approximate surface area is 188 Å². The standard InChI is InChI=1S/C21H23ClFN5O4/c1-21(20(31)32-3)7-9-28-17(19(30)27(21)2)15-14(26-28)6-8-24-16(15)18(29)25-11-4-5-13(23)12(22)10-11/h4-5,10,16,24H,6-9H2,1-3H3,(H,25,29). The molecule has 2 atom stereocenters. The molecule has 2 unspecified atom stereocenters. The molecule has 0 aliphatic carbocycles. The lowest BCUT2D eigenvalue weighted by Crippen LogP contribution is -2.53. The minimum atomic E-state index is -1.16. The molecule has 2 amide bonds. The number of hydrogen-bond acceptors (Lipinski definition) is 6. The van der Waals surface area contributed by atoms with Crippen molar-refractivity contribution in [3.05, 3.63) is 46.0 Å². The third-order valence-corrected chi connectivity index (χ3v) is 6.49. The molecule has 1 aromatic carbocycles. The van der Waals surface area contributed by atoms with Crippen LogP contribution in [0, 0.1) is 5.82 Å². The van der Waals surface area contributed by atoms with Crippen LogP contribution in [0.1, 0.15) is 41.1 Å². The number of benzene rings is 1. The number of carbonyl (C=O) groups is 3. The fraction of sp³-hybridized carbons (Fsp3) is 0.429. The number of anilines is 1. The van der Waals surface area contributed by atoms with E-state index in [1.165, 1.54) is 24.1 Å². The summed E-state index contributed by atoms with van der Waals surface area (Å²) in [6, 6.07) is 3.03. The molecule has 0 saturated heterocycles. The molecule has 3 heterocycles. The second kappa shape index (κ2) is 8.18. The van der Waals surface area contributed by atoms with Crippen LogP contribution in [0.25, 0.3) is 0 Å². The highest BCUT2D eigenvalue weighted by Gasteiger charge is 2.47. The molecule has 11 heteroatoms. The fourth-order valence-corrected chi connectivity index (χ4v) is 4.36. The van der Waals surface area contributed by atoms with Crippen molar-refractivity contribution in [1.29, 1.82) is 0 Å². The van der Waals surface area contributed by atoms with E-state index in [0.29, 0.717) is 42.9 Å². The second-order valence-electron chi connectivity index (χ2n) is 8.07. The number of aryl methyl sites for hydroxylation is 1. The van der Waals surface area contributed by atoms with Crippen LogP contribution in [0.5, 0.6) is 0 Å². The Bertz CT molecular complexity index is 1120. The Morgan fingerprint density at radius 1 is 1.41 bits per heavy atom. The summed E-state index contributed by atoms with van der Waals surface area (Å²) in [5, 5.41) is 10.3. The number of nitrogens with zero attached hydrogens (tertiary/aromatic N) is 3. The molecule has 0 fully saturated rings. The van der Waals surface area contributed by atoms with Gasteiger partial charge in [-0.25, -0.2) is 9.18 Å². The molecule has 0 saturated carbocycles. The zero-order valence-corrected chi connectivity index (χ0v) is 18.6. The van der Waals surface area contributed by atoms with Gasteiger partial charge < -0.3 is 20.3 Å². The number of amides is 2. The summed E-state index contributed by atoms with van der Waals surface area (Å²) in [5.74, 6) is -1.96. The summed E-state index contributed by atoms with van der Waals surface area (Å²) in [7, 11) is 2.82. The predicted molar refractivity (Wildman–Crippen MR) is 114 cm³/mol. The highest BCUT2D eigenvalue weighted by molar-refractivity contribution is 6.31. The van der Waals surface area contributed by atoms with E-state index in [1.54, 1.807) is 18.7 Å². The molecule has 2 N–H and O–H groups in total. The van der Waals surface area contributed by atoms with Crippen molar-refractivity contribution in [1.82, 2.24) is 20.0 Å². The van der Waals surface area contributed by atoms with E-state index in [4.69, 9.17) is 16.3 Å². The molecule has 9 nitrogen and oxygen atoms in total. The van der Waals surface area contributed by atoms with Gasteiger partial charge in [-0.05, 0) is 25.1 Å². The summed E-state index contributed by atoms with van der Waals surface area (Å²) in [6.07, 6.45) is 0.862. The third kappa shape index (κ3) is 3.53. The summed E-state index contributed by atoms with van der Waals surface area (Å²) in [5.41, 5.74) is 0.562. The molecule has 32 heavy (non-hydrogen) atoms. The first-order chi connectivity index (χ1) is 15.2. The lowest BCUT2D eigenvalue weighted by molar-refractivity contribution is -0.152. The maximum absolute atomic E-state index is 13.5.